The highest BCUT2D eigenvalue weighted by atomic mass is 16.7. The van der Waals surface area contributed by atoms with Crippen LogP contribution in [-0.4, -0.2) is 100 Å². The number of unbranched alkanes of at least 4 members (excludes halogenated alkanes) is 31. The van der Waals surface area contributed by atoms with Gasteiger partial charge >= 0.3 is 5.97 Å². The number of hydrogen-bond acceptors (Lipinski definition) is 10. The molecule has 420 valence electrons. The van der Waals surface area contributed by atoms with Gasteiger partial charge < -0.3 is 45.1 Å². The Balaban J connectivity index is 2.03. The summed E-state index contributed by atoms with van der Waals surface area (Å²) >= 11 is 0. The predicted molar refractivity (Wildman–Crippen MR) is 297 cm³/mol. The van der Waals surface area contributed by atoms with Crippen LogP contribution in [-0.2, 0) is 23.8 Å². The van der Waals surface area contributed by atoms with E-state index in [1.807, 2.05) is 6.08 Å². The third kappa shape index (κ3) is 40.0. The fourth-order valence-corrected chi connectivity index (χ4v) is 9.11. The first-order valence-corrected chi connectivity index (χ1v) is 29.9. The van der Waals surface area contributed by atoms with Crippen molar-refractivity contribution in [3.63, 3.8) is 0 Å². The van der Waals surface area contributed by atoms with E-state index in [2.05, 4.69) is 55.6 Å². The second-order valence-electron chi connectivity index (χ2n) is 20.7. The van der Waals surface area contributed by atoms with Gasteiger partial charge in [0, 0.05) is 12.8 Å². The summed E-state index contributed by atoms with van der Waals surface area (Å²) in [7, 11) is 0. The minimum Gasteiger partial charge on any atom is -0.466 e. The summed E-state index contributed by atoms with van der Waals surface area (Å²) in [6.07, 6.45) is 53.5. The third-order valence-corrected chi connectivity index (χ3v) is 13.9. The molecule has 1 heterocycles. The summed E-state index contributed by atoms with van der Waals surface area (Å²) in [6, 6.07) is -0.817. The van der Waals surface area contributed by atoms with Crippen LogP contribution in [0, 0.1) is 0 Å². The largest absolute Gasteiger partial charge is 0.466 e. The van der Waals surface area contributed by atoms with Crippen LogP contribution >= 0.6 is 0 Å². The Morgan fingerprint density at radius 3 is 1.43 bits per heavy atom. The van der Waals surface area contributed by atoms with E-state index >= 15 is 0 Å². The zero-order chi connectivity index (χ0) is 52.4. The van der Waals surface area contributed by atoms with E-state index in [1.54, 1.807) is 6.08 Å². The summed E-state index contributed by atoms with van der Waals surface area (Å²) in [4.78, 5) is 25.1. The van der Waals surface area contributed by atoms with Gasteiger partial charge in [0.15, 0.2) is 6.29 Å². The Labute approximate surface area is 440 Å². The quantitative estimate of drug-likeness (QED) is 0.0195. The van der Waals surface area contributed by atoms with Gasteiger partial charge in [0.05, 0.1) is 32.0 Å². The van der Waals surface area contributed by atoms with Gasteiger partial charge in [-0.05, 0) is 89.9 Å². The Morgan fingerprint density at radius 1 is 0.514 bits per heavy atom. The lowest BCUT2D eigenvalue weighted by molar-refractivity contribution is -0.302. The number of nitrogens with one attached hydrogen (secondary N) is 1. The molecule has 1 fully saturated rings. The monoisotopic (exact) mass is 1020 g/mol. The number of carbonyl (C=O) groups excluding carboxylic acids is 2. The van der Waals surface area contributed by atoms with Crippen molar-refractivity contribution in [1.29, 1.82) is 0 Å². The van der Waals surface area contributed by atoms with Crippen molar-refractivity contribution < 1.29 is 49.3 Å². The molecule has 1 rings (SSSR count). The molecule has 7 atom stereocenters. The van der Waals surface area contributed by atoms with E-state index in [1.165, 1.54) is 141 Å². The highest BCUT2D eigenvalue weighted by Crippen LogP contribution is 2.23. The SMILES string of the molecule is CCCCCC/C=C\C/C=C\CCCCCCCC(=O)OCCCCCCCCCC/C=C\CCCCCCCCCC(=O)NC(COC1OC(CO)C(O)C(O)C1O)C(O)/C=C/CCCCCCCCC. The van der Waals surface area contributed by atoms with E-state index in [0.29, 0.717) is 19.4 Å². The van der Waals surface area contributed by atoms with Crippen LogP contribution in [0.2, 0.25) is 0 Å². The summed E-state index contributed by atoms with van der Waals surface area (Å²) in [6.45, 7) is 4.27. The lowest BCUT2D eigenvalue weighted by Gasteiger charge is -2.40. The van der Waals surface area contributed by atoms with E-state index in [9.17, 15) is 35.1 Å². The lowest BCUT2D eigenvalue weighted by atomic mass is 9.99. The van der Waals surface area contributed by atoms with Gasteiger partial charge in [-0.1, -0.05) is 210 Å². The van der Waals surface area contributed by atoms with Gasteiger partial charge in [0.1, 0.15) is 24.4 Å². The lowest BCUT2D eigenvalue weighted by Crippen LogP contribution is -2.60. The molecule has 7 unspecified atom stereocenters. The normalized spacial score (nSPS) is 19.3. The highest BCUT2D eigenvalue weighted by molar-refractivity contribution is 5.76. The average molecular weight is 1020 g/mol. The standard InChI is InChI=1S/C61H111NO10/c1-3-5-7-9-11-13-14-15-16-23-26-29-33-37-41-45-49-57(66)70-50-46-42-38-34-30-27-24-21-19-17-18-20-22-25-28-32-36-40-44-48-56(65)62-53(54(64)47-43-39-35-31-12-10-8-6-4-2)52-71-61-60(69)59(68)58(67)55(51-63)72-61/h13-14,16-18,23,43,47,53-55,58-61,63-64,67-69H,3-12,15,19-22,24-42,44-46,48-52H2,1-2H3,(H,62,65)/b14-13-,18-17-,23-16-,47-43+. The fourth-order valence-electron chi connectivity index (χ4n) is 9.11. The first-order valence-electron chi connectivity index (χ1n) is 29.9. The molecule has 0 aromatic rings. The molecule has 11 heteroatoms. The maximum atomic E-state index is 13.0. The van der Waals surface area contributed by atoms with Crippen molar-refractivity contribution in [3.05, 3.63) is 48.6 Å². The van der Waals surface area contributed by atoms with E-state index in [-0.39, 0.29) is 18.5 Å². The summed E-state index contributed by atoms with van der Waals surface area (Å²) in [5.74, 6) is -0.220. The molecule has 72 heavy (non-hydrogen) atoms. The summed E-state index contributed by atoms with van der Waals surface area (Å²) in [5.41, 5.74) is 0. The molecule has 0 bridgehead atoms. The molecule has 6 N–H and O–H groups in total. The van der Waals surface area contributed by atoms with E-state index in [0.717, 1.165) is 96.3 Å². The molecule has 1 aliphatic rings. The molecule has 1 saturated heterocycles. The number of amides is 1. The second-order valence-corrected chi connectivity index (χ2v) is 20.7. The smallest absolute Gasteiger partial charge is 0.305 e. The molecule has 0 aromatic heterocycles. The number of esters is 1. The van der Waals surface area contributed by atoms with Crippen LogP contribution < -0.4 is 5.32 Å². The van der Waals surface area contributed by atoms with Gasteiger partial charge in [-0.15, -0.1) is 0 Å². The minimum absolute atomic E-state index is 0.0250. The van der Waals surface area contributed by atoms with Crippen LogP contribution in [0.4, 0.5) is 0 Å². The Kier molecular flexibility index (Phi) is 47.7. The molecule has 0 saturated carbocycles. The highest BCUT2D eigenvalue weighted by Gasteiger charge is 2.44. The molecule has 1 amide bonds. The first-order chi connectivity index (χ1) is 35.2. The number of ether oxygens (including phenoxy) is 3. The van der Waals surface area contributed by atoms with Gasteiger partial charge in [-0.3, -0.25) is 9.59 Å². The van der Waals surface area contributed by atoms with Crippen molar-refractivity contribution in [2.24, 2.45) is 0 Å². The van der Waals surface area contributed by atoms with Crippen molar-refractivity contribution >= 4 is 11.9 Å². The van der Waals surface area contributed by atoms with Gasteiger partial charge in [-0.2, -0.15) is 0 Å². The molecule has 0 spiro atoms. The van der Waals surface area contributed by atoms with Crippen LogP contribution in [0.5, 0.6) is 0 Å². The van der Waals surface area contributed by atoms with Gasteiger partial charge in [-0.25, -0.2) is 0 Å². The average Bonchev–Trinajstić information content (AvgIpc) is 3.38. The van der Waals surface area contributed by atoms with Crippen molar-refractivity contribution in [1.82, 2.24) is 5.32 Å². The number of hydrogen-bond donors (Lipinski definition) is 6. The van der Waals surface area contributed by atoms with Crippen molar-refractivity contribution in [2.75, 3.05) is 19.8 Å². The topological polar surface area (TPSA) is 175 Å². The fraction of sp³-hybridized carbons (Fsp3) is 0.836. The van der Waals surface area contributed by atoms with Crippen LogP contribution in [0.1, 0.15) is 264 Å². The van der Waals surface area contributed by atoms with Crippen LogP contribution in [0.15, 0.2) is 48.6 Å². The molecule has 0 radical (unpaired) electrons. The van der Waals surface area contributed by atoms with Crippen LogP contribution in [0.3, 0.4) is 0 Å². The zero-order valence-corrected chi connectivity index (χ0v) is 46.1. The second kappa shape index (κ2) is 50.8. The summed E-state index contributed by atoms with van der Waals surface area (Å²) in [5, 5.41) is 54.2. The molecular weight excluding hydrogens is 907 g/mol. The third-order valence-electron chi connectivity index (χ3n) is 13.9. The van der Waals surface area contributed by atoms with Crippen molar-refractivity contribution in [2.45, 2.75) is 307 Å². The Morgan fingerprint density at radius 2 is 0.931 bits per heavy atom. The summed E-state index contributed by atoms with van der Waals surface area (Å²) < 4.78 is 16.7. The Bertz CT molecular complexity index is 1340. The van der Waals surface area contributed by atoms with Crippen molar-refractivity contribution in [3.8, 4) is 0 Å². The minimum atomic E-state index is -1.57. The molecule has 0 aromatic carbocycles. The molecule has 11 nitrogen and oxygen atoms in total. The number of rotatable bonds is 51. The van der Waals surface area contributed by atoms with Gasteiger partial charge in [0.25, 0.3) is 0 Å². The Hall–Kier alpha value is -2.38. The van der Waals surface area contributed by atoms with E-state index in [4.69, 9.17) is 14.2 Å². The number of carbonyl (C=O) groups is 2. The van der Waals surface area contributed by atoms with Gasteiger partial charge in [0.2, 0.25) is 5.91 Å². The predicted octanol–water partition coefficient (Wildman–Crippen LogP) is 13.7. The molecular formula is C61H111NO10. The maximum Gasteiger partial charge on any atom is 0.305 e. The molecule has 1 aliphatic heterocycles. The first kappa shape index (κ1) is 67.6. The number of allylic oxidation sites excluding steroid dienone is 7. The zero-order valence-electron chi connectivity index (χ0n) is 46.1. The van der Waals surface area contributed by atoms with Crippen LogP contribution in [0.25, 0.3) is 0 Å². The number of aliphatic hydroxyl groups excluding tert-OH is 5. The molecule has 0 aliphatic carbocycles. The van der Waals surface area contributed by atoms with E-state index < -0.39 is 49.5 Å². The maximum absolute atomic E-state index is 13.0. The number of aliphatic hydroxyl groups is 5.